The van der Waals surface area contributed by atoms with Crippen LogP contribution in [0.15, 0.2) is 0 Å². The zero-order chi connectivity index (χ0) is 14.2. The lowest BCUT2D eigenvalue weighted by molar-refractivity contribution is -0.140. The average Bonchev–Trinajstić information content (AvgIpc) is 2.25. The summed E-state index contributed by atoms with van der Waals surface area (Å²) in [6.45, 7) is 3.27. The SMILES string of the molecule is COC(=O)CCCS(=O)(=O)NCC(=O)NC(C)C. The quantitative estimate of drug-likeness (QED) is 0.577. The van der Waals surface area contributed by atoms with Crippen molar-refractivity contribution in [3.05, 3.63) is 0 Å². The first-order chi connectivity index (χ1) is 8.26. The van der Waals surface area contributed by atoms with Crippen LogP contribution in [0.25, 0.3) is 0 Å². The van der Waals surface area contributed by atoms with Crippen LogP contribution < -0.4 is 10.0 Å². The molecule has 0 aromatic carbocycles. The molecule has 0 aliphatic carbocycles. The molecule has 7 nitrogen and oxygen atoms in total. The summed E-state index contributed by atoms with van der Waals surface area (Å²) in [4.78, 5) is 22.0. The third-order valence-electron chi connectivity index (χ3n) is 1.92. The Kier molecular flexibility index (Phi) is 7.53. The highest BCUT2D eigenvalue weighted by Gasteiger charge is 2.13. The normalized spacial score (nSPS) is 11.3. The Bertz CT molecular complexity index is 378. The summed E-state index contributed by atoms with van der Waals surface area (Å²) < 4.78 is 29.4. The summed E-state index contributed by atoms with van der Waals surface area (Å²) in [5.41, 5.74) is 0. The Hall–Kier alpha value is -1.15. The number of amides is 1. The Morgan fingerprint density at radius 2 is 1.89 bits per heavy atom. The Morgan fingerprint density at radius 3 is 2.39 bits per heavy atom. The molecule has 0 fully saturated rings. The Morgan fingerprint density at radius 1 is 1.28 bits per heavy atom. The van der Waals surface area contributed by atoms with Crippen molar-refractivity contribution in [2.24, 2.45) is 0 Å². The number of hydrogen-bond donors (Lipinski definition) is 2. The first-order valence-electron chi connectivity index (χ1n) is 5.60. The molecule has 0 heterocycles. The van der Waals surface area contributed by atoms with Gasteiger partial charge in [-0.3, -0.25) is 9.59 Å². The highest BCUT2D eigenvalue weighted by molar-refractivity contribution is 7.89. The fourth-order valence-electron chi connectivity index (χ4n) is 1.13. The van der Waals surface area contributed by atoms with Crippen LogP contribution in [-0.4, -0.2) is 45.7 Å². The number of ether oxygens (including phenoxy) is 1. The van der Waals surface area contributed by atoms with Crippen LogP contribution in [0.2, 0.25) is 0 Å². The van der Waals surface area contributed by atoms with E-state index in [0.29, 0.717) is 0 Å². The standard InChI is InChI=1S/C10H20N2O5S/c1-8(2)12-9(13)7-11-18(15,16)6-4-5-10(14)17-3/h8,11H,4-7H2,1-3H3,(H,12,13). The molecule has 0 unspecified atom stereocenters. The predicted octanol–water partition coefficient (Wildman–Crippen LogP) is -0.616. The minimum atomic E-state index is -3.53. The molecule has 0 atom stereocenters. The summed E-state index contributed by atoms with van der Waals surface area (Å²) in [5, 5.41) is 2.56. The van der Waals surface area contributed by atoms with Crippen LogP contribution in [0, 0.1) is 0 Å². The number of esters is 1. The van der Waals surface area contributed by atoms with Gasteiger partial charge < -0.3 is 10.1 Å². The van der Waals surface area contributed by atoms with Crippen molar-refractivity contribution in [3.63, 3.8) is 0 Å². The molecule has 18 heavy (non-hydrogen) atoms. The van der Waals surface area contributed by atoms with Crippen LogP contribution >= 0.6 is 0 Å². The van der Waals surface area contributed by atoms with Crippen LogP contribution in [0.1, 0.15) is 26.7 Å². The van der Waals surface area contributed by atoms with Crippen molar-refractivity contribution >= 4 is 21.9 Å². The van der Waals surface area contributed by atoms with Crippen molar-refractivity contribution < 1.29 is 22.7 Å². The summed E-state index contributed by atoms with van der Waals surface area (Å²) in [6.07, 6.45) is 0.198. The van der Waals surface area contributed by atoms with Gasteiger partial charge in [0, 0.05) is 12.5 Å². The van der Waals surface area contributed by atoms with E-state index in [-0.39, 0.29) is 37.1 Å². The molecule has 0 radical (unpaired) electrons. The molecule has 0 saturated heterocycles. The molecule has 106 valence electrons. The largest absolute Gasteiger partial charge is 0.469 e. The lowest BCUT2D eigenvalue weighted by Crippen LogP contribution is -2.40. The van der Waals surface area contributed by atoms with E-state index in [1.807, 2.05) is 0 Å². The molecule has 0 aromatic heterocycles. The molecule has 0 aromatic rings. The summed E-state index contributed by atoms with van der Waals surface area (Å²) >= 11 is 0. The molecule has 0 bridgehead atoms. The maximum absolute atomic E-state index is 11.4. The minimum Gasteiger partial charge on any atom is -0.469 e. The number of carbonyl (C=O) groups is 2. The van der Waals surface area contributed by atoms with E-state index in [2.05, 4.69) is 14.8 Å². The maximum Gasteiger partial charge on any atom is 0.305 e. The molecular weight excluding hydrogens is 260 g/mol. The van der Waals surface area contributed by atoms with Crippen molar-refractivity contribution in [2.75, 3.05) is 19.4 Å². The van der Waals surface area contributed by atoms with Gasteiger partial charge in [-0.15, -0.1) is 0 Å². The number of methoxy groups -OCH3 is 1. The lowest BCUT2D eigenvalue weighted by atomic mass is 10.3. The van der Waals surface area contributed by atoms with Gasteiger partial charge in [0.15, 0.2) is 0 Å². The van der Waals surface area contributed by atoms with E-state index in [1.165, 1.54) is 7.11 Å². The number of sulfonamides is 1. The molecule has 8 heteroatoms. The smallest absolute Gasteiger partial charge is 0.305 e. The second kappa shape index (κ2) is 8.04. The monoisotopic (exact) mass is 280 g/mol. The van der Waals surface area contributed by atoms with Gasteiger partial charge in [0.1, 0.15) is 0 Å². The topological polar surface area (TPSA) is 102 Å². The molecule has 2 N–H and O–H groups in total. The van der Waals surface area contributed by atoms with Crippen LogP contribution in [-0.2, 0) is 24.3 Å². The fourth-order valence-corrected chi connectivity index (χ4v) is 2.15. The first-order valence-corrected chi connectivity index (χ1v) is 7.25. The van der Waals surface area contributed by atoms with Crippen molar-refractivity contribution in [1.82, 2.24) is 10.0 Å². The van der Waals surface area contributed by atoms with Gasteiger partial charge in [-0.05, 0) is 20.3 Å². The molecular formula is C10H20N2O5S. The summed E-state index contributed by atoms with van der Waals surface area (Å²) in [6, 6.07) is -0.0404. The zero-order valence-corrected chi connectivity index (χ0v) is 11.7. The van der Waals surface area contributed by atoms with Gasteiger partial charge in [0.05, 0.1) is 19.4 Å². The van der Waals surface area contributed by atoms with Crippen molar-refractivity contribution in [1.29, 1.82) is 0 Å². The highest BCUT2D eigenvalue weighted by atomic mass is 32.2. The zero-order valence-electron chi connectivity index (χ0n) is 10.9. The minimum absolute atomic E-state index is 0.0373. The second-order valence-corrected chi connectivity index (χ2v) is 5.97. The van der Waals surface area contributed by atoms with E-state index in [0.717, 1.165) is 0 Å². The average molecular weight is 280 g/mol. The van der Waals surface area contributed by atoms with Crippen LogP contribution in [0.5, 0.6) is 0 Å². The van der Waals surface area contributed by atoms with Gasteiger partial charge in [0.2, 0.25) is 15.9 Å². The Balaban J connectivity index is 3.94. The van der Waals surface area contributed by atoms with E-state index in [1.54, 1.807) is 13.8 Å². The van der Waals surface area contributed by atoms with Gasteiger partial charge >= 0.3 is 5.97 Å². The first kappa shape index (κ1) is 16.9. The van der Waals surface area contributed by atoms with Crippen LogP contribution in [0.4, 0.5) is 0 Å². The molecule has 1 amide bonds. The van der Waals surface area contributed by atoms with Crippen molar-refractivity contribution in [2.45, 2.75) is 32.7 Å². The molecule has 0 aliphatic rings. The molecule has 0 aliphatic heterocycles. The summed E-state index contributed by atoms with van der Waals surface area (Å²) in [7, 11) is -2.29. The highest BCUT2D eigenvalue weighted by Crippen LogP contribution is 1.96. The van der Waals surface area contributed by atoms with E-state index < -0.39 is 16.0 Å². The van der Waals surface area contributed by atoms with Gasteiger partial charge in [0.25, 0.3) is 0 Å². The third kappa shape index (κ3) is 8.94. The predicted molar refractivity (Wildman–Crippen MR) is 66.3 cm³/mol. The van der Waals surface area contributed by atoms with Crippen molar-refractivity contribution in [3.8, 4) is 0 Å². The number of nitrogens with one attached hydrogen (secondary N) is 2. The van der Waals surface area contributed by atoms with Gasteiger partial charge in [-0.1, -0.05) is 0 Å². The maximum atomic E-state index is 11.4. The number of hydrogen-bond acceptors (Lipinski definition) is 5. The second-order valence-electron chi connectivity index (χ2n) is 4.04. The van der Waals surface area contributed by atoms with E-state index >= 15 is 0 Å². The summed E-state index contributed by atoms with van der Waals surface area (Å²) in [5.74, 6) is -1.05. The van der Waals surface area contributed by atoms with Crippen LogP contribution in [0.3, 0.4) is 0 Å². The number of carbonyl (C=O) groups excluding carboxylic acids is 2. The molecule has 0 rings (SSSR count). The molecule has 0 spiro atoms. The number of rotatable bonds is 8. The molecule has 0 saturated carbocycles. The van der Waals surface area contributed by atoms with Gasteiger partial charge in [-0.2, -0.15) is 0 Å². The van der Waals surface area contributed by atoms with E-state index in [9.17, 15) is 18.0 Å². The lowest BCUT2D eigenvalue weighted by Gasteiger charge is -2.09. The van der Waals surface area contributed by atoms with E-state index in [4.69, 9.17) is 0 Å². The van der Waals surface area contributed by atoms with Gasteiger partial charge in [-0.25, -0.2) is 13.1 Å². The third-order valence-corrected chi connectivity index (χ3v) is 3.33. The Labute approximate surface area is 107 Å². The fraction of sp³-hybridized carbons (Fsp3) is 0.800.